The highest BCUT2D eigenvalue weighted by molar-refractivity contribution is 5.79. The standard InChI is InChI=1S/C26H41N3O/c1-27(20-23-10-5-6-11-23)26(30)24-12-7-16-29(21-24)25-14-18-28(19-15-25)17-13-22-8-3-2-4-9-22/h2-4,8-9,23-25H,5-7,10-21H2,1H3. The maximum atomic E-state index is 13.1. The fourth-order valence-electron chi connectivity index (χ4n) is 5.96. The molecule has 1 aromatic carbocycles. The summed E-state index contributed by atoms with van der Waals surface area (Å²) in [5, 5.41) is 0. The Hall–Kier alpha value is -1.39. The third-order valence-electron chi connectivity index (χ3n) is 7.82. The number of carbonyl (C=O) groups excluding carboxylic acids is 1. The molecule has 0 aromatic heterocycles. The van der Waals surface area contributed by atoms with Crippen LogP contribution in [0.5, 0.6) is 0 Å². The fourth-order valence-corrected chi connectivity index (χ4v) is 5.96. The van der Waals surface area contributed by atoms with Gasteiger partial charge in [0.25, 0.3) is 0 Å². The Morgan fingerprint density at radius 3 is 2.43 bits per heavy atom. The van der Waals surface area contributed by atoms with Crippen molar-refractivity contribution in [3.05, 3.63) is 35.9 Å². The van der Waals surface area contributed by atoms with E-state index in [1.165, 1.54) is 76.7 Å². The second kappa shape index (κ2) is 10.8. The van der Waals surface area contributed by atoms with Crippen LogP contribution in [-0.4, -0.2) is 73.0 Å². The van der Waals surface area contributed by atoms with Gasteiger partial charge >= 0.3 is 0 Å². The summed E-state index contributed by atoms with van der Waals surface area (Å²) in [6, 6.07) is 11.5. The Bertz CT molecular complexity index is 650. The molecule has 4 heteroatoms. The van der Waals surface area contributed by atoms with Gasteiger partial charge in [0.15, 0.2) is 0 Å². The molecule has 0 N–H and O–H groups in total. The van der Waals surface area contributed by atoms with Crippen LogP contribution in [0.15, 0.2) is 30.3 Å². The average molecular weight is 412 g/mol. The van der Waals surface area contributed by atoms with Gasteiger partial charge in [-0.25, -0.2) is 0 Å². The van der Waals surface area contributed by atoms with Gasteiger partial charge in [-0.05, 0) is 76.1 Å². The molecule has 1 atom stereocenters. The van der Waals surface area contributed by atoms with E-state index in [2.05, 4.69) is 45.0 Å². The molecule has 1 amide bonds. The molecule has 166 valence electrons. The van der Waals surface area contributed by atoms with Crippen LogP contribution >= 0.6 is 0 Å². The van der Waals surface area contributed by atoms with E-state index in [0.29, 0.717) is 11.9 Å². The van der Waals surface area contributed by atoms with Gasteiger partial charge in [0, 0.05) is 32.7 Å². The van der Waals surface area contributed by atoms with E-state index < -0.39 is 0 Å². The molecular formula is C26H41N3O. The molecule has 2 heterocycles. The molecule has 3 aliphatic rings. The fraction of sp³-hybridized carbons (Fsp3) is 0.731. The molecule has 4 nitrogen and oxygen atoms in total. The van der Waals surface area contributed by atoms with E-state index in [9.17, 15) is 4.79 Å². The first-order chi connectivity index (χ1) is 14.7. The summed E-state index contributed by atoms with van der Waals surface area (Å²) in [5.74, 6) is 1.38. The molecule has 1 aromatic rings. The summed E-state index contributed by atoms with van der Waals surface area (Å²) in [5.41, 5.74) is 1.44. The number of hydrogen-bond acceptors (Lipinski definition) is 3. The van der Waals surface area contributed by atoms with E-state index in [0.717, 1.165) is 31.8 Å². The lowest BCUT2D eigenvalue weighted by molar-refractivity contribution is -0.137. The molecule has 3 fully saturated rings. The maximum absolute atomic E-state index is 13.1. The predicted octanol–water partition coefficient (Wildman–Crippen LogP) is 4.05. The largest absolute Gasteiger partial charge is 0.345 e. The number of rotatable bonds is 7. The van der Waals surface area contributed by atoms with E-state index in [-0.39, 0.29) is 5.92 Å². The molecular weight excluding hydrogens is 370 g/mol. The molecule has 0 spiro atoms. The van der Waals surface area contributed by atoms with Gasteiger partial charge in [0.1, 0.15) is 0 Å². The van der Waals surface area contributed by atoms with Gasteiger partial charge in [-0.2, -0.15) is 0 Å². The number of hydrogen-bond donors (Lipinski definition) is 0. The van der Waals surface area contributed by atoms with Crippen LogP contribution < -0.4 is 0 Å². The first-order valence-electron chi connectivity index (χ1n) is 12.4. The van der Waals surface area contributed by atoms with Crippen LogP contribution in [0, 0.1) is 11.8 Å². The van der Waals surface area contributed by atoms with Gasteiger partial charge in [-0.15, -0.1) is 0 Å². The Kier molecular flexibility index (Phi) is 7.83. The molecule has 1 unspecified atom stereocenters. The lowest BCUT2D eigenvalue weighted by Crippen LogP contribution is -2.51. The zero-order chi connectivity index (χ0) is 20.8. The summed E-state index contributed by atoms with van der Waals surface area (Å²) < 4.78 is 0. The number of likely N-dealkylation sites (tertiary alicyclic amines) is 2. The highest BCUT2D eigenvalue weighted by Crippen LogP contribution is 2.28. The summed E-state index contributed by atoms with van der Waals surface area (Å²) in [6.07, 6.45) is 11.3. The molecule has 1 aliphatic carbocycles. The number of piperidine rings is 2. The molecule has 30 heavy (non-hydrogen) atoms. The SMILES string of the molecule is CN(CC1CCCC1)C(=O)C1CCCN(C2CCN(CCc3ccccc3)CC2)C1. The summed E-state index contributed by atoms with van der Waals surface area (Å²) in [6.45, 7) is 6.73. The molecule has 2 aliphatic heterocycles. The Balaban J connectivity index is 1.20. The predicted molar refractivity (Wildman–Crippen MR) is 124 cm³/mol. The molecule has 0 radical (unpaired) electrons. The van der Waals surface area contributed by atoms with E-state index >= 15 is 0 Å². The molecule has 1 saturated carbocycles. The maximum Gasteiger partial charge on any atom is 0.226 e. The van der Waals surface area contributed by atoms with Gasteiger partial charge in [0.05, 0.1) is 5.92 Å². The van der Waals surface area contributed by atoms with Crippen LogP contribution in [0.1, 0.15) is 56.9 Å². The van der Waals surface area contributed by atoms with Crippen LogP contribution in [0.3, 0.4) is 0 Å². The summed E-state index contributed by atoms with van der Waals surface area (Å²) >= 11 is 0. The van der Waals surface area contributed by atoms with E-state index in [1.807, 2.05) is 7.05 Å². The Labute approximate surface area is 183 Å². The minimum Gasteiger partial charge on any atom is -0.345 e. The van der Waals surface area contributed by atoms with Gasteiger partial charge in [0.2, 0.25) is 5.91 Å². The second-order valence-corrected chi connectivity index (χ2v) is 10.0. The number of carbonyl (C=O) groups is 1. The monoisotopic (exact) mass is 411 g/mol. The van der Waals surface area contributed by atoms with Crippen LogP contribution in [0.4, 0.5) is 0 Å². The lowest BCUT2D eigenvalue weighted by atomic mass is 9.92. The third kappa shape index (κ3) is 5.85. The first-order valence-corrected chi connectivity index (χ1v) is 12.4. The molecule has 2 saturated heterocycles. The van der Waals surface area contributed by atoms with Crippen molar-refractivity contribution in [3.8, 4) is 0 Å². The minimum absolute atomic E-state index is 0.223. The average Bonchev–Trinajstić information content (AvgIpc) is 3.31. The smallest absolute Gasteiger partial charge is 0.226 e. The van der Waals surface area contributed by atoms with Gasteiger partial charge in [-0.1, -0.05) is 43.2 Å². The second-order valence-electron chi connectivity index (χ2n) is 10.0. The van der Waals surface area contributed by atoms with Crippen LogP contribution in [0.25, 0.3) is 0 Å². The van der Waals surface area contributed by atoms with Gasteiger partial charge in [-0.3, -0.25) is 9.69 Å². The van der Waals surface area contributed by atoms with Crippen molar-refractivity contribution in [2.45, 2.75) is 63.8 Å². The minimum atomic E-state index is 0.223. The number of nitrogens with zero attached hydrogens (tertiary/aromatic N) is 3. The number of benzene rings is 1. The molecule has 0 bridgehead atoms. The first kappa shape index (κ1) is 21.8. The van der Waals surface area contributed by atoms with Gasteiger partial charge < -0.3 is 9.80 Å². The highest BCUT2D eigenvalue weighted by atomic mass is 16.2. The zero-order valence-electron chi connectivity index (χ0n) is 19.0. The van der Waals surface area contributed by atoms with Crippen molar-refractivity contribution < 1.29 is 4.79 Å². The van der Waals surface area contributed by atoms with Crippen molar-refractivity contribution in [2.75, 3.05) is 46.3 Å². The van der Waals surface area contributed by atoms with Crippen molar-refractivity contribution in [3.63, 3.8) is 0 Å². The zero-order valence-corrected chi connectivity index (χ0v) is 19.0. The highest BCUT2D eigenvalue weighted by Gasteiger charge is 2.33. The Morgan fingerprint density at radius 2 is 1.70 bits per heavy atom. The van der Waals surface area contributed by atoms with Crippen molar-refractivity contribution in [1.82, 2.24) is 14.7 Å². The summed E-state index contributed by atoms with van der Waals surface area (Å²) in [4.78, 5) is 20.4. The quantitative estimate of drug-likeness (QED) is 0.677. The van der Waals surface area contributed by atoms with Crippen molar-refractivity contribution in [2.24, 2.45) is 11.8 Å². The van der Waals surface area contributed by atoms with Crippen molar-refractivity contribution >= 4 is 5.91 Å². The van der Waals surface area contributed by atoms with Crippen LogP contribution in [-0.2, 0) is 11.2 Å². The lowest BCUT2D eigenvalue weighted by Gasteiger charge is -2.42. The van der Waals surface area contributed by atoms with E-state index in [4.69, 9.17) is 0 Å². The van der Waals surface area contributed by atoms with E-state index in [1.54, 1.807) is 0 Å². The van der Waals surface area contributed by atoms with Crippen LogP contribution in [0.2, 0.25) is 0 Å². The molecule has 4 rings (SSSR count). The Morgan fingerprint density at radius 1 is 0.967 bits per heavy atom. The summed E-state index contributed by atoms with van der Waals surface area (Å²) in [7, 11) is 2.05. The normalized spacial score (nSPS) is 24.9. The van der Waals surface area contributed by atoms with Crippen molar-refractivity contribution in [1.29, 1.82) is 0 Å². The number of amides is 1. The third-order valence-corrected chi connectivity index (χ3v) is 7.82. The topological polar surface area (TPSA) is 26.8 Å².